The number of hydrogen-bond acceptors (Lipinski definition) is 5. The molecule has 1 aromatic carbocycles. The summed E-state index contributed by atoms with van der Waals surface area (Å²) >= 11 is 1.29. The predicted octanol–water partition coefficient (Wildman–Crippen LogP) is 1.86. The van der Waals surface area contributed by atoms with Crippen molar-refractivity contribution in [2.45, 2.75) is 6.54 Å². The summed E-state index contributed by atoms with van der Waals surface area (Å²) in [5.74, 6) is 0.296. The third kappa shape index (κ3) is 2.00. The fourth-order valence-corrected chi connectivity index (χ4v) is 1.51. The molecule has 0 unspecified atom stereocenters. The van der Waals surface area contributed by atoms with Crippen LogP contribution in [0, 0.1) is 0 Å². The molecule has 0 saturated carbocycles. The van der Waals surface area contributed by atoms with Crippen molar-refractivity contribution in [1.29, 1.82) is 0 Å². The monoisotopic (exact) mass is 207 g/mol. The number of benzene rings is 1. The molecule has 0 amide bonds. The van der Waals surface area contributed by atoms with E-state index in [0.717, 1.165) is 10.7 Å². The first-order valence-electron chi connectivity index (χ1n) is 4.13. The first-order chi connectivity index (χ1) is 6.86. The van der Waals surface area contributed by atoms with Crippen molar-refractivity contribution >= 4 is 16.7 Å². The molecule has 1 aromatic heterocycles. The van der Waals surface area contributed by atoms with Gasteiger partial charge in [0.25, 0.3) is 0 Å². The van der Waals surface area contributed by atoms with Gasteiger partial charge in [-0.3, -0.25) is 0 Å². The minimum absolute atomic E-state index is 0.296. The Morgan fingerprint density at radius 1 is 1.36 bits per heavy atom. The SMILES string of the molecule is Oc1ccccc1CNc1ncns1. The Balaban J connectivity index is 2.02. The molecule has 0 aliphatic carbocycles. The van der Waals surface area contributed by atoms with Crippen molar-refractivity contribution in [3.63, 3.8) is 0 Å². The molecule has 0 radical (unpaired) electrons. The van der Waals surface area contributed by atoms with Crippen LogP contribution in [0.5, 0.6) is 5.75 Å². The zero-order chi connectivity index (χ0) is 9.80. The van der Waals surface area contributed by atoms with E-state index in [1.165, 1.54) is 17.9 Å². The first-order valence-corrected chi connectivity index (χ1v) is 4.91. The van der Waals surface area contributed by atoms with E-state index in [9.17, 15) is 5.11 Å². The topological polar surface area (TPSA) is 58.0 Å². The molecule has 0 aliphatic rings. The lowest BCUT2D eigenvalue weighted by atomic mass is 10.2. The normalized spacial score (nSPS) is 10.0. The van der Waals surface area contributed by atoms with Gasteiger partial charge in [-0.15, -0.1) is 0 Å². The van der Waals surface area contributed by atoms with Crippen LogP contribution < -0.4 is 5.32 Å². The van der Waals surface area contributed by atoms with Crippen LogP contribution in [0.4, 0.5) is 5.13 Å². The average Bonchev–Trinajstić information content (AvgIpc) is 2.69. The van der Waals surface area contributed by atoms with E-state index in [4.69, 9.17) is 0 Å². The first kappa shape index (κ1) is 8.96. The van der Waals surface area contributed by atoms with Crippen LogP contribution in [-0.2, 0) is 6.54 Å². The highest BCUT2D eigenvalue weighted by Crippen LogP contribution is 2.17. The minimum atomic E-state index is 0.296. The van der Waals surface area contributed by atoms with Gasteiger partial charge in [-0.25, -0.2) is 4.98 Å². The van der Waals surface area contributed by atoms with Gasteiger partial charge in [0.1, 0.15) is 12.1 Å². The maximum absolute atomic E-state index is 9.47. The molecular weight excluding hydrogens is 198 g/mol. The van der Waals surface area contributed by atoms with Crippen LogP contribution in [-0.4, -0.2) is 14.5 Å². The van der Waals surface area contributed by atoms with Crippen molar-refractivity contribution in [2.24, 2.45) is 0 Å². The van der Waals surface area contributed by atoms with Crippen LogP contribution >= 0.6 is 11.5 Å². The number of para-hydroxylation sites is 1. The lowest BCUT2D eigenvalue weighted by Gasteiger charge is -2.03. The maximum atomic E-state index is 9.47. The second-order valence-electron chi connectivity index (χ2n) is 2.73. The smallest absolute Gasteiger partial charge is 0.202 e. The molecule has 2 aromatic rings. The van der Waals surface area contributed by atoms with Gasteiger partial charge < -0.3 is 10.4 Å². The molecule has 2 rings (SSSR count). The Morgan fingerprint density at radius 3 is 2.93 bits per heavy atom. The molecular formula is C9H9N3OS. The number of rotatable bonds is 3. The van der Waals surface area contributed by atoms with E-state index in [0.29, 0.717) is 12.3 Å². The Labute approximate surface area is 85.4 Å². The summed E-state index contributed by atoms with van der Waals surface area (Å²) in [7, 11) is 0. The molecule has 0 atom stereocenters. The van der Waals surface area contributed by atoms with Gasteiger partial charge in [-0.1, -0.05) is 18.2 Å². The molecule has 0 fully saturated rings. The molecule has 4 nitrogen and oxygen atoms in total. The highest BCUT2D eigenvalue weighted by molar-refractivity contribution is 7.09. The number of phenols is 1. The minimum Gasteiger partial charge on any atom is -0.508 e. The van der Waals surface area contributed by atoms with Crippen molar-refractivity contribution in [3.8, 4) is 5.75 Å². The van der Waals surface area contributed by atoms with Gasteiger partial charge in [-0.05, 0) is 6.07 Å². The summed E-state index contributed by atoms with van der Waals surface area (Å²) in [6, 6.07) is 7.21. The fraction of sp³-hybridized carbons (Fsp3) is 0.111. The maximum Gasteiger partial charge on any atom is 0.202 e. The molecule has 0 spiro atoms. The average molecular weight is 207 g/mol. The summed E-state index contributed by atoms with van der Waals surface area (Å²) in [6.45, 7) is 0.557. The lowest BCUT2D eigenvalue weighted by Crippen LogP contribution is -1.98. The van der Waals surface area contributed by atoms with Crippen LogP contribution in [0.25, 0.3) is 0 Å². The highest BCUT2D eigenvalue weighted by Gasteiger charge is 2.00. The zero-order valence-corrected chi connectivity index (χ0v) is 8.16. The van der Waals surface area contributed by atoms with Crippen LogP contribution in [0.15, 0.2) is 30.6 Å². The summed E-state index contributed by atoms with van der Waals surface area (Å²) in [6.07, 6.45) is 1.50. The van der Waals surface area contributed by atoms with Crippen molar-refractivity contribution < 1.29 is 5.11 Å². The van der Waals surface area contributed by atoms with Crippen molar-refractivity contribution in [2.75, 3.05) is 5.32 Å². The molecule has 0 saturated heterocycles. The van der Waals surface area contributed by atoms with E-state index in [2.05, 4.69) is 14.7 Å². The number of nitrogens with one attached hydrogen (secondary N) is 1. The van der Waals surface area contributed by atoms with Gasteiger partial charge >= 0.3 is 0 Å². The van der Waals surface area contributed by atoms with E-state index >= 15 is 0 Å². The molecule has 14 heavy (non-hydrogen) atoms. The van der Waals surface area contributed by atoms with E-state index in [1.807, 2.05) is 12.1 Å². The highest BCUT2D eigenvalue weighted by atomic mass is 32.1. The fourth-order valence-electron chi connectivity index (χ4n) is 1.08. The third-order valence-corrected chi connectivity index (χ3v) is 2.41. The van der Waals surface area contributed by atoms with E-state index in [1.54, 1.807) is 12.1 Å². The van der Waals surface area contributed by atoms with Crippen LogP contribution in [0.1, 0.15) is 5.56 Å². The molecule has 72 valence electrons. The quantitative estimate of drug-likeness (QED) is 0.806. The second kappa shape index (κ2) is 4.06. The summed E-state index contributed by atoms with van der Waals surface area (Å²) in [5.41, 5.74) is 0.850. The van der Waals surface area contributed by atoms with Gasteiger partial charge in [0.05, 0.1) is 0 Å². The zero-order valence-electron chi connectivity index (χ0n) is 7.34. The van der Waals surface area contributed by atoms with E-state index < -0.39 is 0 Å². The number of nitrogens with zero attached hydrogens (tertiary/aromatic N) is 2. The number of aromatic hydroxyl groups is 1. The summed E-state index contributed by atoms with van der Waals surface area (Å²) < 4.78 is 3.86. The lowest BCUT2D eigenvalue weighted by molar-refractivity contribution is 0.469. The van der Waals surface area contributed by atoms with Gasteiger partial charge in [0.15, 0.2) is 0 Å². The van der Waals surface area contributed by atoms with Gasteiger partial charge in [0.2, 0.25) is 5.13 Å². The molecule has 2 N–H and O–H groups in total. The number of phenolic OH excluding ortho intramolecular Hbond substituents is 1. The van der Waals surface area contributed by atoms with Crippen molar-refractivity contribution in [1.82, 2.24) is 9.36 Å². The molecule has 0 bridgehead atoms. The Morgan fingerprint density at radius 2 is 2.21 bits per heavy atom. The summed E-state index contributed by atoms with van der Waals surface area (Å²) in [4.78, 5) is 3.98. The van der Waals surface area contributed by atoms with Gasteiger partial charge in [-0.2, -0.15) is 4.37 Å². The van der Waals surface area contributed by atoms with Gasteiger partial charge in [0, 0.05) is 23.6 Å². The number of hydrogen-bond donors (Lipinski definition) is 2. The van der Waals surface area contributed by atoms with Crippen LogP contribution in [0.2, 0.25) is 0 Å². The van der Waals surface area contributed by atoms with Crippen molar-refractivity contribution in [3.05, 3.63) is 36.2 Å². The van der Waals surface area contributed by atoms with Crippen LogP contribution in [0.3, 0.4) is 0 Å². The molecule has 5 heteroatoms. The molecule has 1 heterocycles. The van der Waals surface area contributed by atoms with E-state index in [-0.39, 0.29) is 0 Å². The number of anilines is 1. The number of aromatic nitrogens is 2. The largest absolute Gasteiger partial charge is 0.508 e. The summed E-state index contributed by atoms with van der Waals surface area (Å²) in [5, 5.41) is 13.3. The Bertz CT molecular complexity index is 402. The Hall–Kier alpha value is -1.62. The standard InChI is InChI=1S/C9H9N3OS/c13-8-4-2-1-3-7(8)5-10-9-11-6-12-14-9/h1-4,6,13H,5H2,(H,10,11,12). The second-order valence-corrected chi connectivity index (χ2v) is 3.51. The third-order valence-electron chi connectivity index (χ3n) is 1.78. The molecule has 0 aliphatic heterocycles. The predicted molar refractivity (Wildman–Crippen MR) is 55.3 cm³/mol. The Kier molecular flexibility index (Phi) is 2.60.